The number of nitrogens with zero attached hydrogens (tertiary/aromatic N) is 2. The Morgan fingerprint density at radius 1 is 0.921 bits per heavy atom. The molecule has 0 fully saturated rings. The topological polar surface area (TPSA) is 68.7 Å². The minimum atomic E-state index is -0.552. The van der Waals surface area contributed by atoms with Crippen molar-refractivity contribution in [1.29, 1.82) is 0 Å². The Labute approximate surface area is 220 Å². The van der Waals surface area contributed by atoms with Crippen LogP contribution in [-0.4, -0.2) is 36.6 Å². The van der Waals surface area contributed by atoms with Gasteiger partial charge in [0.2, 0.25) is 0 Å². The summed E-state index contributed by atoms with van der Waals surface area (Å²) < 4.78 is 10.9. The molecule has 1 aromatic heterocycles. The number of ether oxygens (including phenoxy) is 2. The summed E-state index contributed by atoms with van der Waals surface area (Å²) in [6, 6.07) is 29.0. The highest BCUT2D eigenvalue weighted by Gasteiger charge is 2.31. The number of anilines is 1. The molecular weight excluding hydrogens is 476 g/mol. The van der Waals surface area contributed by atoms with E-state index in [4.69, 9.17) is 14.5 Å². The number of carbonyl (C=O) groups excluding carboxylic acids is 2. The van der Waals surface area contributed by atoms with Gasteiger partial charge in [-0.05, 0) is 66.1 Å². The SMILES string of the molecule is COc1ccc2cc(-c3cc(C(=O)OCC(=O)N4c5ccccc5C[C@H]4C)c4ccccc4n3)ccc2c1. The van der Waals surface area contributed by atoms with Crippen molar-refractivity contribution in [3.05, 3.63) is 102 Å². The van der Waals surface area contributed by atoms with E-state index in [-0.39, 0.29) is 18.6 Å². The number of aromatic nitrogens is 1. The number of pyridine rings is 1. The van der Waals surface area contributed by atoms with Crippen molar-refractivity contribution in [1.82, 2.24) is 4.98 Å². The zero-order chi connectivity index (χ0) is 26.2. The maximum atomic E-state index is 13.3. The van der Waals surface area contributed by atoms with Crippen LogP contribution < -0.4 is 9.64 Å². The lowest BCUT2D eigenvalue weighted by Gasteiger charge is -2.22. The number of fused-ring (bicyclic) bond motifs is 3. The molecule has 0 saturated carbocycles. The molecule has 188 valence electrons. The lowest BCUT2D eigenvalue weighted by Crippen LogP contribution is -2.38. The Kier molecular flexibility index (Phi) is 6.00. The van der Waals surface area contributed by atoms with Crippen molar-refractivity contribution in [2.24, 2.45) is 0 Å². The Balaban J connectivity index is 1.30. The van der Waals surface area contributed by atoms with Crippen molar-refractivity contribution in [3.8, 4) is 17.0 Å². The Morgan fingerprint density at radius 3 is 2.55 bits per heavy atom. The van der Waals surface area contributed by atoms with E-state index in [1.54, 1.807) is 18.1 Å². The van der Waals surface area contributed by atoms with Crippen molar-refractivity contribution >= 4 is 39.2 Å². The van der Waals surface area contributed by atoms with E-state index in [1.807, 2.05) is 91.9 Å². The molecular formula is C32H26N2O4. The third-order valence-electron chi connectivity index (χ3n) is 7.08. The van der Waals surface area contributed by atoms with Crippen LogP contribution in [0.5, 0.6) is 5.75 Å². The van der Waals surface area contributed by atoms with Gasteiger partial charge in [-0.2, -0.15) is 0 Å². The molecule has 0 N–H and O–H groups in total. The van der Waals surface area contributed by atoms with Gasteiger partial charge < -0.3 is 14.4 Å². The number of benzene rings is 4. The Bertz CT molecular complexity index is 1710. The predicted molar refractivity (Wildman–Crippen MR) is 149 cm³/mol. The molecule has 0 radical (unpaired) electrons. The zero-order valence-electron chi connectivity index (χ0n) is 21.2. The molecule has 0 spiro atoms. The Morgan fingerprint density at radius 2 is 1.68 bits per heavy atom. The third-order valence-corrected chi connectivity index (χ3v) is 7.08. The van der Waals surface area contributed by atoms with E-state index in [0.717, 1.165) is 39.8 Å². The van der Waals surface area contributed by atoms with Gasteiger partial charge in [-0.25, -0.2) is 9.78 Å². The minimum Gasteiger partial charge on any atom is -0.497 e. The number of hydrogen-bond acceptors (Lipinski definition) is 5. The lowest BCUT2D eigenvalue weighted by molar-refractivity contribution is -0.122. The molecule has 38 heavy (non-hydrogen) atoms. The highest BCUT2D eigenvalue weighted by Crippen LogP contribution is 2.32. The van der Waals surface area contributed by atoms with Crippen LogP contribution in [0.15, 0.2) is 91.0 Å². The van der Waals surface area contributed by atoms with Crippen molar-refractivity contribution < 1.29 is 19.1 Å². The van der Waals surface area contributed by atoms with Gasteiger partial charge in [-0.3, -0.25) is 4.79 Å². The summed E-state index contributed by atoms with van der Waals surface area (Å²) in [5.74, 6) is 0.00340. The number of para-hydroxylation sites is 2. The fraction of sp³-hybridized carbons (Fsp3) is 0.156. The number of methoxy groups -OCH3 is 1. The average molecular weight is 503 g/mol. The fourth-order valence-corrected chi connectivity index (χ4v) is 5.22. The van der Waals surface area contributed by atoms with Gasteiger partial charge in [0.1, 0.15) is 5.75 Å². The second-order valence-corrected chi connectivity index (χ2v) is 9.52. The van der Waals surface area contributed by atoms with Crippen LogP contribution in [0.1, 0.15) is 22.8 Å². The summed E-state index contributed by atoms with van der Waals surface area (Å²) in [7, 11) is 1.65. The summed E-state index contributed by atoms with van der Waals surface area (Å²) in [5.41, 5.74) is 4.59. The molecule has 2 heterocycles. The maximum Gasteiger partial charge on any atom is 0.339 e. The molecule has 1 amide bonds. The van der Waals surface area contributed by atoms with Gasteiger partial charge >= 0.3 is 5.97 Å². The first-order chi connectivity index (χ1) is 18.5. The van der Waals surface area contributed by atoms with Gasteiger partial charge in [0.25, 0.3) is 5.91 Å². The predicted octanol–water partition coefficient (Wildman–Crippen LogP) is 6.20. The molecule has 0 unspecified atom stereocenters. The van der Waals surface area contributed by atoms with Gasteiger partial charge in [0.05, 0.1) is 23.9 Å². The first-order valence-electron chi connectivity index (χ1n) is 12.6. The summed E-state index contributed by atoms with van der Waals surface area (Å²) in [6.45, 7) is 1.67. The normalized spacial score (nSPS) is 14.5. The number of rotatable bonds is 5. The zero-order valence-corrected chi connectivity index (χ0v) is 21.2. The molecule has 1 atom stereocenters. The molecule has 0 aliphatic carbocycles. The maximum absolute atomic E-state index is 13.3. The van der Waals surface area contributed by atoms with Gasteiger partial charge in [0.15, 0.2) is 6.61 Å². The van der Waals surface area contributed by atoms with Crippen LogP contribution in [0.4, 0.5) is 5.69 Å². The summed E-state index contributed by atoms with van der Waals surface area (Å²) >= 11 is 0. The molecule has 6 nitrogen and oxygen atoms in total. The molecule has 0 saturated heterocycles. The quantitative estimate of drug-likeness (QED) is 0.268. The van der Waals surface area contributed by atoms with Gasteiger partial charge in [0, 0.05) is 22.7 Å². The Hall–Kier alpha value is -4.71. The van der Waals surface area contributed by atoms with E-state index in [1.165, 1.54) is 0 Å². The third kappa shape index (κ3) is 4.24. The van der Waals surface area contributed by atoms with Crippen LogP contribution >= 0.6 is 0 Å². The van der Waals surface area contributed by atoms with E-state index in [0.29, 0.717) is 22.2 Å². The molecule has 0 bridgehead atoms. The molecule has 6 rings (SSSR count). The second-order valence-electron chi connectivity index (χ2n) is 9.52. The van der Waals surface area contributed by atoms with Crippen LogP contribution in [0, 0.1) is 0 Å². The molecule has 6 heteroatoms. The van der Waals surface area contributed by atoms with Crippen LogP contribution in [0.3, 0.4) is 0 Å². The monoisotopic (exact) mass is 502 g/mol. The summed E-state index contributed by atoms with van der Waals surface area (Å²) in [4.78, 5) is 33.0. The molecule has 1 aliphatic rings. The van der Waals surface area contributed by atoms with Crippen LogP contribution in [0.2, 0.25) is 0 Å². The standard InChI is InChI=1S/C32H26N2O4/c1-20-15-24-7-3-6-10-30(24)34(20)31(35)19-38-32(36)27-18-29(33-28-9-5-4-8-26(27)28)23-12-11-22-17-25(37-2)14-13-21(22)16-23/h3-14,16-18,20H,15,19H2,1-2H3/t20-/m1/s1. The number of esters is 1. The molecule has 1 aliphatic heterocycles. The summed E-state index contributed by atoms with van der Waals surface area (Å²) in [6.07, 6.45) is 0.784. The average Bonchev–Trinajstić information content (AvgIpc) is 3.30. The van der Waals surface area contributed by atoms with E-state index in [9.17, 15) is 9.59 Å². The van der Waals surface area contributed by atoms with E-state index in [2.05, 4.69) is 0 Å². The van der Waals surface area contributed by atoms with E-state index >= 15 is 0 Å². The highest BCUT2D eigenvalue weighted by molar-refractivity contribution is 6.06. The number of carbonyl (C=O) groups is 2. The van der Waals surface area contributed by atoms with Crippen LogP contribution in [-0.2, 0) is 16.0 Å². The minimum absolute atomic E-state index is 0.0137. The van der Waals surface area contributed by atoms with Gasteiger partial charge in [-0.1, -0.05) is 54.6 Å². The van der Waals surface area contributed by atoms with Crippen molar-refractivity contribution in [2.75, 3.05) is 18.6 Å². The van der Waals surface area contributed by atoms with Crippen LogP contribution in [0.25, 0.3) is 32.9 Å². The first kappa shape index (κ1) is 23.7. The van der Waals surface area contributed by atoms with Crippen molar-refractivity contribution in [3.63, 3.8) is 0 Å². The smallest absolute Gasteiger partial charge is 0.339 e. The number of hydrogen-bond donors (Lipinski definition) is 0. The highest BCUT2D eigenvalue weighted by atomic mass is 16.5. The first-order valence-corrected chi connectivity index (χ1v) is 12.6. The van der Waals surface area contributed by atoms with Crippen molar-refractivity contribution in [2.45, 2.75) is 19.4 Å². The summed E-state index contributed by atoms with van der Waals surface area (Å²) in [5, 5.41) is 2.76. The largest absolute Gasteiger partial charge is 0.497 e. The number of amides is 1. The second kappa shape index (κ2) is 9.63. The lowest BCUT2D eigenvalue weighted by atomic mass is 10.0. The fourth-order valence-electron chi connectivity index (χ4n) is 5.22. The molecule has 5 aromatic rings. The van der Waals surface area contributed by atoms with E-state index < -0.39 is 5.97 Å². The van der Waals surface area contributed by atoms with Gasteiger partial charge in [-0.15, -0.1) is 0 Å². The molecule has 4 aromatic carbocycles.